The number of halogens is 1. The molecule has 1 aliphatic rings. The number of aliphatic imine (C=N–C) groups is 1. The van der Waals surface area contributed by atoms with Crippen LogP contribution in [0.4, 0.5) is 0 Å². The number of nitrogens with one attached hydrogen (secondary N) is 1. The average molecular weight is 495 g/mol. The number of rotatable bonds is 6. The molecule has 0 spiro atoms. The third-order valence-electron chi connectivity index (χ3n) is 4.90. The maximum Gasteiger partial charge on any atom is 0.193 e. The van der Waals surface area contributed by atoms with E-state index in [-0.39, 0.29) is 36.2 Å². The fourth-order valence-electron chi connectivity index (χ4n) is 3.40. The zero-order valence-electron chi connectivity index (χ0n) is 16.6. The SMILES string of the molecule is CN=C(NCC(OC)c1ccccc1)N1CCC(Oc2ccccc2)CC1.I. The highest BCUT2D eigenvalue weighted by atomic mass is 127. The normalized spacial score (nSPS) is 16.2. The van der Waals surface area contributed by atoms with E-state index < -0.39 is 0 Å². The Balaban J connectivity index is 0.00000280. The molecule has 1 heterocycles. The van der Waals surface area contributed by atoms with E-state index in [0.29, 0.717) is 6.54 Å². The fourth-order valence-corrected chi connectivity index (χ4v) is 3.40. The van der Waals surface area contributed by atoms with Crippen LogP contribution in [0.3, 0.4) is 0 Å². The van der Waals surface area contributed by atoms with Crippen molar-refractivity contribution in [2.75, 3.05) is 33.8 Å². The zero-order chi connectivity index (χ0) is 18.9. The van der Waals surface area contributed by atoms with Gasteiger partial charge in [-0.05, 0) is 17.7 Å². The number of hydrogen-bond acceptors (Lipinski definition) is 3. The second-order valence-electron chi connectivity index (χ2n) is 6.68. The van der Waals surface area contributed by atoms with Crippen molar-refractivity contribution in [1.82, 2.24) is 10.2 Å². The highest BCUT2D eigenvalue weighted by molar-refractivity contribution is 14.0. The second kappa shape index (κ2) is 11.9. The van der Waals surface area contributed by atoms with E-state index in [2.05, 4.69) is 27.3 Å². The minimum atomic E-state index is 0. The summed E-state index contributed by atoms with van der Waals surface area (Å²) in [5.74, 6) is 1.87. The van der Waals surface area contributed by atoms with E-state index >= 15 is 0 Å². The quantitative estimate of drug-likeness (QED) is 0.372. The van der Waals surface area contributed by atoms with Gasteiger partial charge in [-0.1, -0.05) is 48.5 Å². The van der Waals surface area contributed by atoms with Crippen molar-refractivity contribution in [3.63, 3.8) is 0 Å². The second-order valence-corrected chi connectivity index (χ2v) is 6.68. The van der Waals surface area contributed by atoms with Crippen molar-refractivity contribution >= 4 is 29.9 Å². The topological polar surface area (TPSA) is 46.1 Å². The lowest BCUT2D eigenvalue weighted by molar-refractivity contribution is 0.103. The molecule has 1 aliphatic heterocycles. The zero-order valence-corrected chi connectivity index (χ0v) is 18.9. The Morgan fingerprint density at radius 3 is 2.25 bits per heavy atom. The lowest BCUT2D eigenvalue weighted by atomic mass is 10.1. The predicted octanol–water partition coefficient (Wildman–Crippen LogP) is 4.11. The molecule has 1 unspecified atom stereocenters. The summed E-state index contributed by atoms with van der Waals surface area (Å²) in [6.45, 7) is 2.55. The largest absolute Gasteiger partial charge is 0.490 e. The van der Waals surface area contributed by atoms with Crippen LogP contribution >= 0.6 is 24.0 Å². The van der Waals surface area contributed by atoms with Crippen LogP contribution in [-0.2, 0) is 4.74 Å². The van der Waals surface area contributed by atoms with Crippen LogP contribution in [0.1, 0.15) is 24.5 Å². The molecule has 28 heavy (non-hydrogen) atoms. The Kier molecular flexibility index (Phi) is 9.57. The van der Waals surface area contributed by atoms with Crippen molar-refractivity contribution in [3.8, 4) is 5.75 Å². The first-order chi connectivity index (χ1) is 13.3. The Morgan fingerprint density at radius 1 is 1.07 bits per heavy atom. The van der Waals surface area contributed by atoms with Crippen molar-refractivity contribution in [3.05, 3.63) is 66.2 Å². The minimum Gasteiger partial charge on any atom is -0.490 e. The Labute approximate surface area is 185 Å². The molecule has 0 saturated carbocycles. The average Bonchev–Trinajstić information content (AvgIpc) is 2.74. The number of hydrogen-bond donors (Lipinski definition) is 1. The van der Waals surface area contributed by atoms with Gasteiger partial charge in [0, 0.05) is 46.6 Å². The number of guanidine groups is 1. The third kappa shape index (κ3) is 6.38. The summed E-state index contributed by atoms with van der Waals surface area (Å²) in [5, 5.41) is 3.46. The molecule has 1 atom stereocenters. The summed E-state index contributed by atoms with van der Waals surface area (Å²) in [5.41, 5.74) is 1.16. The maximum atomic E-state index is 6.08. The van der Waals surface area contributed by atoms with Gasteiger partial charge in [-0.25, -0.2) is 0 Å². The van der Waals surface area contributed by atoms with Crippen molar-refractivity contribution in [2.24, 2.45) is 4.99 Å². The van der Waals surface area contributed by atoms with Crippen molar-refractivity contribution < 1.29 is 9.47 Å². The fraction of sp³-hybridized carbons (Fsp3) is 0.409. The van der Waals surface area contributed by atoms with Gasteiger partial charge in [-0.2, -0.15) is 0 Å². The molecular formula is C22H30IN3O2. The number of methoxy groups -OCH3 is 1. The summed E-state index contributed by atoms with van der Waals surface area (Å²) in [6.07, 6.45) is 2.24. The van der Waals surface area contributed by atoms with Gasteiger partial charge in [-0.15, -0.1) is 24.0 Å². The van der Waals surface area contributed by atoms with E-state index in [1.807, 2.05) is 55.6 Å². The van der Waals surface area contributed by atoms with Crippen molar-refractivity contribution in [2.45, 2.75) is 25.0 Å². The van der Waals surface area contributed by atoms with Crippen LogP contribution in [-0.4, -0.2) is 50.8 Å². The molecule has 0 bridgehead atoms. The molecule has 6 heteroatoms. The Bertz CT molecular complexity index is 704. The van der Waals surface area contributed by atoms with Gasteiger partial charge < -0.3 is 19.7 Å². The molecule has 1 fully saturated rings. The standard InChI is InChI=1S/C22H29N3O2.HI/c1-23-22(24-17-21(26-2)18-9-5-3-6-10-18)25-15-13-20(14-16-25)27-19-11-7-4-8-12-19;/h3-12,20-21H,13-17H2,1-2H3,(H,23,24);1H. The van der Waals surface area contributed by atoms with Crippen LogP contribution in [0.5, 0.6) is 5.75 Å². The molecule has 2 aromatic rings. The van der Waals surface area contributed by atoms with Crippen LogP contribution in [0, 0.1) is 0 Å². The summed E-state index contributed by atoms with van der Waals surface area (Å²) in [4.78, 5) is 6.75. The number of nitrogens with zero attached hydrogens (tertiary/aromatic N) is 2. The monoisotopic (exact) mass is 495 g/mol. The third-order valence-corrected chi connectivity index (χ3v) is 4.90. The molecule has 0 radical (unpaired) electrons. The van der Waals surface area contributed by atoms with Crippen LogP contribution in [0.15, 0.2) is 65.7 Å². The van der Waals surface area contributed by atoms with Crippen LogP contribution in [0.25, 0.3) is 0 Å². The summed E-state index contributed by atoms with van der Waals surface area (Å²) in [7, 11) is 3.58. The first kappa shape index (κ1) is 22.5. The number of para-hydroxylation sites is 1. The van der Waals surface area contributed by atoms with Gasteiger partial charge in [0.05, 0.1) is 6.10 Å². The molecule has 152 valence electrons. The number of likely N-dealkylation sites (tertiary alicyclic amines) is 1. The van der Waals surface area contributed by atoms with Gasteiger partial charge in [0.2, 0.25) is 0 Å². The first-order valence-corrected chi connectivity index (χ1v) is 9.55. The molecule has 0 aromatic heterocycles. The lowest BCUT2D eigenvalue weighted by Crippen LogP contribution is -2.48. The molecule has 3 rings (SSSR count). The molecule has 0 amide bonds. The van der Waals surface area contributed by atoms with Gasteiger partial charge >= 0.3 is 0 Å². The Morgan fingerprint density at radius 2 is 1.68 bits per heavy atom. The number of benzene rings is 2. The summed E-state index contributed by atoms with van der Waals surface area (Å²) < 4.78 is 11.7. The van der Waals surface area contributed by atoms with E-state index in [4.69, 9.17) is 9.47 Å². The highest BCUT2D eigenvalue weighted by Gasteiger charge is 2.23. The van der Waals surface area contributed by atoms with Gasteiger partial charge in [-0.3, -0.25) is 4.99 Å². The molecule has 5 nitrogen and oxygen atoms in total. The molecule has 2 aromatic carbocycles. The minimum absolute atomic E-state index is 0. The van der Waals surface area contributed by atoms with Crippen LogP contribution in [0.2, 0.25) is 0 Å². The first-order valence-electron chi connectivity index (χ1n) is 9.55. The van der Waals surface area contributed by atoms with Gasteiger partial charge in [0.25, 0.3) is 0 Å². The number of piperidine rings is 1. The van der Waals surface area contributed by atoms with Gasteiger partial charge in [0.15, 0.2) is 5.96 Å². The Hall–Kier alpha value is -1.80. The molecule has 1 N–H and O–H groups in total. The maximum absolute atomic E-state index is 6.08. The van der Waals surface area contributed by atoms with Crippen LogP contribution < -0.4 is 10.1 Å². The smallest absolute Gasteiger partial charge is 0.193 e. The highest BCUT2D eigenvalue weighted by Crippen LogP contribution is 2.19. The van der Waals surface area contributed by atoms with E-state index in [1.165, 1.54) is 0 Å². The number of ether oxygens (including phenoxy) is 2. The molecular weight excluding hydrogens is 465 g/mol. The van der Waals surface area contributed by atoms with E-state index in [9.17, 15) is 0 Å². The lowest BCUT2D eigenvalue weighted by Gasteiger charge is -2.34. The molecule has 0 aliphatic carbocycles. The van der Waals surface area contributed by atoms with E-state index in [0.717, 1.165) is 43.2 Å². The van der Waals surface area contributed by atoms with Crippen molar-refractivity contribution in [1.29, 1.82) is 0 Å². The summed E-state index contributed by atoms with van der Waals surface area (Å²) >= 11 is 0. The predicted molar refractivity (Wildman–Crippen MR) is 125 cm³/mol. The van der Waals surface area contributed by atoms with E-state index in [1.54, 1.807) is 7.11 Å². The van der Waals surface area contributed by atoms with Gasteiger partial charge in [0.1, 0.15) is 11.9 Å². The molecule has 1 saturated heterocycles. The summed E-state index contributed by atoms with van der Waals surface area (Å²) in [6, 6.07) is 20.3.